The molecule has 0 spiro atoms. The van der Waals surface area contributed by atoms with Crippen molar-refractivity contribution in [3.05, 3.63) is 23.3 Å². The lowest BCUT2D eigenvalue weighted by Crippen LogP contribution is -2.38. The molecule has 2 heterocycles. The molecule has 108 valence electrons. The smallest absolute Gasteiger partial charge is 0.321 e. The molecule has 2 aliphatic rings. The van der Waals surface area contributed by atoms with E-state index in [1.165, 1.54) is 17.5 Å². The van der Waals surface area contributed by atoms with Crippen molar-refractivity contribution in [3.63, 3.8) is 0 Å². The minimum Gasteiger partial charge on any atom is -0.495 e. The van der Waals surface area contributed by atoms with E-state index in [1.54, 1.807) is 7.11 Å². The number of likely N-dealkylation sites (tertiary alicyclic amines) is 1. The third-order valence-corrected chi connectivity index (χ3v) is 4.04. The zero-order chi connectivity index (χ0) is 13.9. The predicted octanol–water partition coefficient (Wildman–Crippen LogP) is 2.32. The van der Waals surface area contributed by atoms with Gasteiger partial charge in [-0.25, -0.2) is 4.79 Å². The summed E-state index contributed by atoms with van der Waals surface area (Å²) >= 11 is 0. The third kappa shape index (κ3) is 2.58. The van der Waals surface area contributed by atoms with Gasteiger partial charge in [-0.15, -0.1) is 0 Å². The Bertz CT molecular complexity index is 510. The molecule has 2 N–H and O–H groups in total. The number of piperidine rings is 1. The second kappa shape index (κ2) is 5.71. The first-order valence-corrected chi connectivity index (χ1v) is 7.24. The van der Waals surface area contributed by atoms with Crippen LogP contribution in [0.2, 0.25) is 0 Å². The molecule has 0 radical (unpaired) electrons. The number of rotatable bonds is 2. The molecule has 1 aromatic rings. The lowest BCUT2D eigenvalue weighted by molar-refractivity contribution is 0.200. The highest BCUT2D eigenvalue weighted by Gasteiger charge is 2.20. The van der Waals surface area contributed by atoms with Crippen LogP contribution in [0.1, 0.15) is 30.4 Å². The van der Waals surface area contributed by atoms with Crippen LogP contribution >= 0.6 is 0 Å². The van der Waals surface area contributed by atoms with Crippen LogP contribution in [0.15, 0.2) is 12.1 Å². The Balaban J connectivity index is 1.77. The van der Waals surface area contributed by atoms with Gasteiger partial charge in [0.25, 0.3) is 0 Å². The normalized spacial score (nSPS) is 17.8. The molecule has 0 saturated carbocycles. The molecule has 20 heavy (non-hydrogen) atoms. The molecular weight excluding hydrogens is 254 g/mol. The Morgan fingerprint density at radius 1 is 1.20 bits per heavy atom. The van der Waals surface area contributed by atoms with Gasteiger partial charge in [0, 0.05) is 26.2 Å². The van der Waals surface area contributed by atoms with Gasteiger partial charge in [-0.05, 0) is 42.5 Å². The van der Waals surface area contributed by atoms with Crippen LogP contribution in [-0.2, 0) is 13.1 Å². The van der Waals surface area contributed by atoms with Crippen LogP contribution in [0.4, 0.5) is 10.5 Å². The molecule has 0 atom stereocenters. The molecule has 2 aliphatic heterocycles. The molecule has 0 aliphatic carbocycles. The monoisotopic (exact) mass is 275 g/mol. The van der Waals surface area contributed by atoms with E-state index in [-0.39, 0.29) is 6.03 Å². The summed E-state index contributed by atoms with van der Waals surface area (Å²) in [6.07, 6.45) is 3.41. The van der Waals surface area contributed by atoms with E-state index in [0.29, 0.717) is 0 Å². The van der Waals surface area contributed by atoms with Crippen molar-refractivity contribution < 1.29 is 9.53 Å². The predicted molar refractivity (Wildman–Crippen MR) is 78.0 cm³/mol. The summed E-state index contributed by atoms with van der Waals surface area (Å²) in [7, 11) is 1.64. The summed E-state index contributed by atoms with van der Waals surface area (Å²) in [6.45, 7) is 3.42. The van der Waals surface area contributed by atoms with Crippen molar-refractivity contribution in [3.8, 4) is 5.75 Å². The Morgan fingerprint density at radius 3 is 2.60 bits per heavy atom. The summed E-state index contributed by atoms with van der Waals surface area (Å²) in [6, 6.07) is 4.02. The van der Waals surface area contributed by atoms with Crippen LogP contribution in [0, 0.1) is 0 Å². The van der Waals surface area contributed by atoms with Crippen LogP contribution in [0.25, 0.3) is 0 Å². The summed E-state index contributed by atoms with van der Waals surface area (Å²) in [5.41, 5.74) is 3.25. The van der Waals surface area contributed by atoms with Crippen molar-refractivity contribution in [1.29, 1.82) is 0 Å². The number of nitrogens with zero attached hydrogens (tertiary/aromatic N) is 1. The van der Waals surface area contributed by atoms with Gasteiger partial charge in [0.05, 0.1) is 12.8 Å². The minimum absolute atomic E-state index is 0.0195. The molecule has 2 amide bonds. The highest BCUT2D eigenvalue weighted by Crippen LogP contribution is 2.31. The van der Waals surface area contributed by atoms with Gasteiger partial charge >= 0.3 is 6.03 Å². The Hall–Kier alpha value is -1.75. The fourth-order valence-electron chi connectivity index (χ4n) is 2.89. The van der Waals surface area contributed by atoms with Crippen LogP contribution in [0.3, 0.4) is 0 Å². The average molecular weight is 275 g/mol. The zero-order valence-electron chi connectivity index (χ0n) is 11.9. The van der Waals surface area contributed by atoms with Gasteiger partial charge in [0.15, 0.2) is 0 Å². The number of amides is 2. The molecule has 5 heteroatoms. The van der Waals surface area contributed by atoms with Gasteiger partial charge in [-0.3, -0.25) is 0 Å². The largest absolute Gasteiger partial charge is 0.495 e. The highest BCUT2D eigenvalue weighted by atomic mass is 16.5. The lowest BCUT2D eigenvalue weighted by atomic mass is 10.1. The standard InChI is InChI=1S/C15H21N3O2/c1-20-14-8-12-10-16-9-11(12)7-13(14)17-15(19)18-5-3-2-4-6-18/h7-8,16H,2-6,9-10H2,1H3,(H,17,19). The first-order valence-electron chi connectivity index (χ1n) is 7.24. The Morgan fingerprint density at radius 2 is 1.90 bits per heavy atom. The molecular formula is C15H21N3O2. The summed E-state index contributed by atoms with van der Waals surface area (Å²) in [4.78, 5) is 14.2. The van der Waals surface area contributed by atoms with Crippen LogP contribution in [-0.4, -0.2) is 31.1 Å². The van der Waals surface area contributed by atoms with Crippen molar-refractivity contribution in [2.45, 2.75) is 32.4 Å². The number of benzene rings is 1. The van der Waals surface area contributed by atoms with Gasteiger partial charge < -0.3 is 20.3 Å². The van der Waals surface area contributed by atoms with Gasteiger partial charge in [0.1, 0.15) is 5.75 Å². The molecule has 1 fully saturated rings. The maximum absolute atomic E-state index is 12.3. The molecule has 0 aromatic heterocycles. The molecule has 0 unspecified atom stereocenters. The second-order valence-corrected chi connectivity index (χ2v) is 5.40. The Labute approximate surface area is 119 Å². The van der Waals surface area contributed by atoms with E-state index >= 15 is 0 Å². The van der Waals surface area contributed by atoms with Gasteiger partial charge in [-0.2, -0.15) is 0 Å². The van der Waals surface area contributed by atoms with Crippen LogP contribution < -0.4 is 15.4 Å². The fourth-order valence-corrected chi connectivity index (χ4v) is 2.89. The number of hydrogen-bond donors (Lipinski definition) is 2. The van der Waals surface area contributed by atoms with Crippen molar-refractivity contribution in [2.75, 3.05) is 25.5 Å². The number of anilines is 1. The van der Waals surface area contributed by atoms with E-state index < -0.39 is 0 Å². The van der Waals surface area contributed by atoms with Gasteiger partial charge in [0.2, 0.25) is 0 Å². The summed E-state index contributed by atoms with van der Waals surface area (Å²) in [5.74, 6) is 0.734. The number of hydrogen-bond acceptors (Lipinski definition) is 3. The Kier molecular flexibility index (Phi) is 3.78. The third-order valence-electron chi connectivity index (χ3n) is 4.04. The van der Waals surface area contributed by atoms with E-state index in [4.69, 9.17) is 4.74 Å². The first kappa shape index (κ1) is 13.2. The topological polar surface area (TPSA) is 53.6 Å². The molecule has 5 nitrogen and oxygen atoms in total. The minimum atomic E-state index is -0.0195. The molecule has 0 bridgehead atoms. The highest BCUT2D eigenvalue weighted by molar-refractivity contribution is 5.91. The molecule has 1 aromatic carbocycles. The van der Waals surface area contributed by atoms with E-state index in [2.05, 4.69) is 10.6 Å². The number of carbonyl (C=O) groups is 1. The maximum atomic E-state index is 12.3. The number of carbonyl (C=O) groups excluding carboxylic acids is 1. The number of urea groups is 1. The number of fused-ring (bicyclic) bond motifs is 1. The molecule has 1 saturated heterocycles. The number of methoxy groups -OCH3 is 1. The van der Waals surface area contributed by atoms with Crippen LogP contribution in [0.5, 0.6) is 5.75 Å². The van der Waals surface area contributed by atoms with Crippen molar-refractivity contribution in [2.24, 2.45) is 0 Å². The van der Waals surface area contributed by atoms with E-state index in [9.17, 15) is 4.79 Å². The van der Waals surface area contributed by atoms with Crippen molar-refractivity contribution >= 4 is 11.7 Å². The van der Waals surface area contributed by atoms with E-state index in [1.807, 2.05) is 17.0 Å². The van der Waals surface area contributed by atoms with E-state index in [0.717, 1.165) is 50.5 Å². The molecule has 3 rings (SSSR count). The number of nitrogens with one attached hydrogen (secondary N) is 2. The number of ether oxygens (including phenoxy) is 1. The fraction of sp³-hybridized carbons (Fsp3) is 0.533. The SMILES string of the molecule is COc1cc2c(cc1NC(=O)N1CCCCC1)CNC2. The summed E-state index contributed by atoms with van der Waals surface area (Å²) in [5, 5.41) is 6.30. The quantitative estimate of drug-likeness (QED) is 0.871. The lowest BCUT2D eigenvalue weighted by Gasteiger charge is -2.27. The maximum Gasteiger partial charge on any atom is 0.321 e. The summed E-state index contributed by atoms with van der Waals surface area (Å²) < 4.78 is 5.40. The zero-order valence-corrected chi connectivity index (χ0v) is 11.9. The first-order chi connectivity index (χ1) is 9.78. The second-order valence-electron chi connectivity index (χ2n) is 5.40. The van der Waals surface area contributed by atoms with Gasteiger partial charge in [-0.1, -0.05) is 0 Å². The van der Waals surface area contributed by atoms with Crippen molar-refractivity contribution in [1.82, 2.24) is 10.2 Å². The average Bonchev–Trinajstić information content (AvgIpc) is 2.94.